The Labute approximate surface area is 181 Å². The van der Waals surface area contributed by atoms with Gasteiger partial charge in [0, 0.05) is 12.3 Å². The summed E-state index contributed by atoms with van der Waals surface area (Å²) >= 11 is 0. The number of nitrogens with one attached hydrogen (secondary N) is 1. The number of carbonyl (C=O) groups is 3. The molecule has 0 unspecified atom stereocenters. The highest BCUT2D eigenvalue weighted by Gasteiger charge is 2.30. The molecule has 7 nitrogen and oxygen atoms in total. The van der Waals surface area contributed by atoms with Gasteiger partial charge < -0.3 is 19.9 Å². The molecule has 0 saturated carbocycles. The van der Waals surface area contributed by atoms with E-state index in [1.807, 2.05) is 48.5 Å². The second-order valence-electron chi connectivity index (χ2n) is 8.49. The Morgan fingerprint density at radius 1 is 1.06 bits per heavy atom. The van der Waals surface area contributed by atoms with Gasteiger partial charge in [0.2, 0.25) is 0 Å². The van der Waals surface area contributed by atoms with Crippen molar-refractivity contribution in [2.24, 2.45) is 0 Å². The zero-order valence-corrected chi connectivity index (χ0v) is 17.9. The van der Waals surface area contributed by atoms with Gasteiger partial charge in [0.15, 0.2) is 0 Å². The lowest BCUT2D eigenvalue weighted by atomic mass is 9.98. The third-order valence-corrected chi connectivity index (χ3v) is 4.99. The summed E-state index contributed by atoms with van der Waals surface area (Å²) in [6, 6.07) is 14.6. The third kappa shape index (κ3) is 5.63. The molecule has 0 heterocycles. The van der Waals surface area contributed by atoms with Gasteiger partial charge in [-0.05, 0) is 49.4 Å². The molecule has 2 N–H and O–H groups in total. The second-order valence-corrected chi connectivity index (χ2v) is 8.49. The lowest BCUT2D eigenvalue weighted by molar-refractivity contribution is -0.155. The second kappa shape index (κ2) is 9.20. The fourth-order valence-electron chi connectivity index (χ4n) is 3.69. The van der Waals surface area contributed by atoms with E-state index in [-0.39, 0.29) is 25.4 Å². The van der Waals surface area contributed by atoms with Gasteiger partial charge >= 0.3 is 18.0 Å². The molecule has 0 spiro atoms. The first-order chi connectivity index (χ1) is 14.7. The molecule has 7 heteroatoms. The molecule has 0 aliphatic heterocycles. The van der Waals surface area contributed by atoms with Gasteiger partial charge in [-0.2, -0.15) is 0 Å². The molecule has 2 aromatic rings. The predicted molar refractivity (Wildman–Crippen MR) is 115 cm³/mol. The predicted octanol–water partition coefficient (Wildman–Crippen LogP) is 4.10. The van der Waals surface area contributed by atoms with Crippen LogP contribution in [0.3, 0.4) is 0 Å². The zero-order chi connectivity index (χ0) is 22.6. The van der Waals surface area contributed by atoms with Crippen molar-refractivity contribution in [2.75, 3.05) is 6.61 Å². The van der Waals surface area contributed by atoms with E-state index in [9.17, 15) is 19.5 Å². The topological polar surface area (TPSA) is 102 Å². The smallest absolute Gasteiger partial charge is 0.407 e. The van der Waals surface area contributed by atoms with E-state index in [1.54, 1.807) is 20.8 Å². The zero-order valence-electron chi connectivity index (χ0n) is 17.9. The van der Waals surface area contributed by atoms with E-state index < -0.39 is 29.7 Å². The molecular weight excluding hydrogens is 402 g/mol. The highest BCUT2D eigenvalue weighted by molar-refractivity contribution is 5.81. The van der Waals surface area contributed by atoms with Gasteiger partial charge in [0.25, 0.3) is 0 Å². The van der Waals surface area contributed by atoms with Gasteiger partial charge in [0.1, 0.15) is 18.2 Å². The summed E-state index contributed by atoms with van der Waals surface area (Å²) in [6.07, 6.45) is -1.05. The summed E-state index contributed by atoms with van der Waals surface area (Å²) in [5, 5.41) is 11.7. The van der Waals surface area contributed by atoms with Crippen LogP contribution in [0.1, 0.15) is 50.7 Å². The van der Waals surface area contributed by atoms with Crippen LogP contribution < -0.4 is 5.32 Å². The third-order valence-electron chi connectivity index (χ3n) is 4.99. The quantitative estimate of drug-likeness (QED) is 0.508. The molecule has 1 aliphatic carbocycles. The fraction of sp³-hybridized carbons (Fsp3) is 0.375. The normalized spacial score (nSPS) is 13.6. The van der Waals surface area contributed by atoms with E-state index in [1.165, 1.54) is 0 Å². The lowest BCUT2D eigenvalue weighted by Gasteiger charge is -2.20. The summed E-state index contributed by atoms with van der Waals surface area (Å²) in [5.74, 6) is -1.88. The maximum atomic E-state index is 12.3. The van der Waals surface area contributed by atoms with Crippen molar-refractivity contribution in [3.05, 3.63) is 59.7 Å². The van der Waals surface area contributed by atoms with Gasteiger partial charge in [-0.15, -0.1) is 0 Å². The number of aliphatic carboxylic acids is 1. The monoisotopic (exact) mass is 429 g/mol. The van der Waals surface area contributed by atoms with Crippen molar-refractivity contribution < 1.29 is 29.0 Å². The number of carboxylic acids is 1. The number of esters is 1. The van der Waals surface area contributed by atoms with Crippen molar-refractivity contribution in [3.8, 4) is 11.1 Å². The highest BCUT2D eigenvalue weighted by Crippen LogP contribution is 2.44. The van der Waals surface area contributed by atoms with Crippen LogP contribution in [0.5, 0.6) is 0 Å². The number of hydrogen-bond donors (Lipinski definition) is 2. The number of carbonyl (C=O) groups excluding carboxylic acids is 2. The Bertz CT molecular complexity index is 933. The summed E-state index contributed by atoms with van der Waals surface area (Å²) in [6.45, 7) is 5.27. The summed E-state index contributed by atoms with van der Waals surface area (Å²) in [5.41, 5.74) is 3.68. The minimum Gasteiger partial charge on any atom is -0.480 e. The van der Waals surface area contributed by atoms with E-state index in [2.05, 4.69) is 5.32 Å². The first kappa shape index (κ1) is 22.3. The molecule has 0 fully saturated rings. The first-order valence-corrected chi connectivity index (χ1v) is 10.2. The van der Waals surface area contributed by atoms with Crippen LogP contribution in [0.25, 0.3) is 11.1 Å². The van der Waals surface area contributed by atoms with E-state index >= 15 is 0 Å². The van der Waals surface area contributed by atoms with Gasteiger partial charge in [-0.25, -0.2) is 9.59 Å². The molecule has 31 heavy (non-hydrogen) atoms. The van der Waals surface area contributed by atoms with Gasteiger partial charge in [-0.1, -0.05) is 48.5 Å². The van der Waals surface area contributed by atoms with Crippen LogP contribution in [0.15, 0.2) is 48.5 Å². The fourth-order valence-corrected chi connectivity index (χ4v) is 3.69. The number of alkyl carbamates (subject to hydrolysis) is 1. The van der Waals surface area contributed by atoms with Crippen molar-refractivity contribution >= 4 is 18.0 Å². The number of rotatable bonds is 7. The summed E-state index contributed by atoms with van der Waals surface area (Å²) in [4.78, 5) is 35.6. The molecule has 0 saturated heterocycles. The van der Waals surface area contributed by atoms with Crippen molar-refractivity contribution in [2.45, 2.75) is 51.2 Å². The Balaban J connectivity index is 1.59. The molecular formula is C24H27NO6. The number of carboxylic acid groups (broad SMARTS) is 1. The van der Waals surface area contributed by atoms with Crippen molar-refractivity contribution in [3.63, 3.8) is 0 Å². The van der Waals surface area contributed by atoms with Crippen molar-refractivity contribution in [1.82, 2.24) is 5.32 Å². The molecule has 164 valence electrons. The average Bonchev–Trinajstić information content (AvgIpc) is 3.02. The number of fused-ring (bicyclic) bond motifs is 3. The van der Waals surface area contributed by atoms with Crippen LogP contribution >= 0.6 is 0 Å². The molecule has 0 radical (unpaired) electrons. The van der Waals surface area contributed by atoms with Crippen LogP contribution in [0, 0.1) is 0 Å². The van der Waals surface area contributed by atoms with Crippen LogP contribution in [-0.4, -0.2) is 41.4 Å². The molecule has 1 amide bonds. The maximum Gasteiger partial charge on any atom is 0.407 e. The lowest BCUT2D eigenvalue weighted by Crippen LogP contribution is -2.42. The largest absolute Gasteiger partial charge is 0.480 e. The molecule has 2 aromatic carbocycles. The number of amides is 1. The van der Waals surface area contributed by atoms with Gasteiger partial charge in [0.05, 0.1) is 0 Å². The SMILES string of the molecule is CC(C)(C)OC(=O)CC[C@H](NC(=O)OCC1c2ccccc2-c2ccccc21)C(=[18O])[18OH]. The molecule has 3 rings (SSSR count). The first-order valence-electron chi connectivity index (χ1n) is 10.2. The Morgan fingerprint density at radius 3 is 2.13 bits per heavy atom. The van der Waals surface area contributed by atoms with Crippen molar-refractivity contribution in [1.29, 1.82) is 0 Å². The highest BCUT2D eigenvalue weighted by atomic mass is 18.2. The Hall–Kier alpha value is -3.35. The molecule has 0 aromatic heterocycles. The molecule has 1 aliphatic rings. The Kier molecular flexibility index (Phi) is 6.63. The summed E-state index contributed by atoms with van der Waals surface area (Å²) < 4.78 is 10.6. The van der Waals surface area contributed by atoms with E-state index in [0.717, 1.165) is 22.3 Å². The van der Waals surface area contributed by atoms with Crippen LogP contribution in [0.2, 0.25) is 0 Å². The minimum absolute atomic E-state index is 0.0816. The summed E-state index contributed by atoms with van der Waals surface area (Å²) in [7, 11) is 0. The maximum absolute atomic E-state index is 12.3. The molecule has 1 atom stereocenters. The number of hydrogen-bond acceptors (Lipinski definition) is 5. The van der Waals surface area contributed by atoms with Crippen LogP contribution in [-0.2, 0) is 19.1 Å². The van der Waals surface area contributed by atoms with E-state index in [0.29, 0.717) is 0 Å². The number of ether oxygens (including phenoxy) is 2. The Morgan fingerprint density at radius 2 is 1.61 bits per heavy atom. The number of benzene rings is 2. The van der Waals surface area contributed by atoms with Gasteiger partial charge in [-0.3, -0.25) is 4.79 Å². The van der Waals surface area contributed by atoms with Crippen LogP contribution in [0.4, 0.5) is 4.79 Å². The average molecular weight is 429 g/mol. The van der Waals surface area contributed by atoms with E-state index in [4.69, 9.17) is 9.47 Å². The molecule has 0 bridgehead atoms. The minimum atomic E-state index is -1.25. The standard InChI is InChI=1S/C24H27NO6/c1-24(2,3)31-21(26)13-12-20(22(27)28)25-23(29)30-14-19-17-10-6-4-8-15(17)16-9-5-7-11-18(16)19/h4-11,19-20H,12-14H2,1-3H3,(H,25,29)(H,27,28)/t20-/m0/s1/i27+2,28+2.